The lowest BCUT2D eigenvalue weighted by atomic mass is 9.75. The smallest absolute Gasteiger partial charge is 0.0477 e. The van der Waals surface area contributed by atoms with Gasteiger partial charge in [0.05, 0.1) is 0 Å². The van der Waals surface area contributed by atoms with Crippen LogP contribution < -0.4 is 5.32 Å². The summed E-state index contributed by atoms with van der Waals surface area (Å²) in [6.07, 6.45) is 6.56. The first-order chi connectivity index (χ1) is 8.60. The molecule has 0 aromatic rings. The Morgan fingerprint density at radius 2 is 2.17 bits per heavy atom. The van der Waals surface area contributed by atoms with Crippen LogP contribution in [0.25, 0.3) is 0 Å². The molecule has 1 fully saturated rings. The Morgan fingerprint density at radius 3 is 2.78 bits per heavy atom. The van der Waals surface area contributed by atoms with E-state index >= 15 is 0 Å². The topological polar surface area (TPSA) is 24.5 Å². The Bertz CT molecular complexity index is 221. The minimum atomic E-state index is 0.378. The van der Waals surface area contributed by atoms with Gasteiger partial charge in [0.15, 0.2) is 0 Å². The van der Waals surface area contributed by atoms with E-state index < -0.39 is 0 Å². The molecule has 0 saturated heterocycles. The fraction of sp³-hybridized carbons (Fsp3) is 1.00. The average Bonchev–Trinajstić information content (AvgIpc) is 2.33. The van der Waals surface area contributed by atoms with Crippen LogP contribution in [0, 0.1) is 5.92 Å². The molecule has 3 nitrogen and oxygen atoms in total. The van der Waals surface area contributed by atoms with Crippen LogP contribution in [0.2, 0.25) is 0 Å². The van der Waals surface area contributed by atoms with E-state index in [-0.39, 0.29) is 0 Å². The molecule has 3 heteroatoms. The zero-order valence-corrected chi connectivity index (χ0v) is 12.8. The summed E-state index contributed by atoms with van der Waals surface area (Å²) in [5.41, 5.74) is 0.378. The van der Waals surface area contributed by atoms with Gasteiger partial charge in [-0.2, -0.15) is 0 Å². The second-order valence-electron chi connectivity index (χ2n) is 6.05. The van der Waals surface area contributed by atoms with E-state index in [9.17, 15) is 0 Å². The summed E-state index contributed by atoms with van der Waals surface area (Å²) >= 11 is 0. The number of nitrogens with one attached hydrogen (secondary N) is 1. The lowest BCUT2D eigenvalue weighted by Gasteiger charge is -2.45. The maximum atomic E-state index is 5.36. The van der Waals surface area contributed by atoms with Crippen molar-refractivity contribution in [2.24, 2.45) is 5.92 Å². The summed E-state index contributed by atoms with van der Waals surface area (Å²) in [7, 11) is 4.47. The minimum absolute atomic E-state index is 0.378. The van der Waals surface area contributed by atoms with Crippen LogP contribution in [0.4, 0.5) is 0 Å². The van der Waals surface area contributed by atoms with Gasteiger partial charge in [0.1, 0.15) is 0 Å². The number of likely N-dealkylation sites (N-methyl/N-ethyl adjacent to an activating group) is 1. The Kier molecular flexibility index (Phi) is 7.20. The Balaban J connectivity index is 2.29. The lowest BCUT2D eigenvalue weighted by Crippen LogP contribution is -2.54. The third-order valence-corrected chi connectivity index (χ3v) is 4.32. The van der Waals surface area contributed by atoms with Gasteiger partial charge in [-0.1, -0.05) is 19.8 Å². The van der Waals surface area contributed by atoms with Crippen LogP contribution in [0.3, 0.4) is 0 Å². The standard InChI is InChI=1S/C15H32N2O/c1-5-18-11-7-10-16-13-15(17(3)4)9-6-8-14(2)12-15/h14,16H,5-13H2,1-4H3. The van der Waals surface area contributed by atoms with Crippen molar-refractivity contribution in [2.45, 2.75) is 51.5 Å². The van der Waals surface area contributed by atoms with Gasteiger partial charge < -0.3 is 15.0 Å². The van der Waals surface area contributed by atoms with Crippen LogP contribution >= 0.6 is 0 Å². The molecule has 0 bridgehead atoms. The van der Waals surface area contributed by atoms with E-state index in [2.05, 4.69) is 38.2 Å². The summed E-state index contributed by atoms with van der Waals surface area (Å²) in [5, 5.41) is 3.64. The van der Waals surface area contributed by atoms with Crippen LogP contribution in [0.5, 0.6) is 0 Å². The molecule has 0 spiro atoms. The molecule has 0 aromatic heterocycles. The first kappa shape index (κ1) is 15.9. The molecule has 1 rings (SSSR count). The molecular formula is C15H32N2O. The number of hydrogen-bond donors (Lipinski definition) is 1. The molecule has 0 heterocycles. The van der Waals surface area contributed by atoms with Gasteiger partial charge in [-0.15, -0.1) is 0 Å². The summed E-state index contributed by atoms with van der Waals surface area (Å²) in [6, 6.07) is 0. The van der Waals surface area contributed by atoms with Crippen molar-refractivity contribution >= 4 is 0 Å². The third-order valence-electron chi connectivity index (χ3n) is 4.32. The molecule has 2 unspecified atom stereocenters. The van der Waals surface area contributed by atoms with E-state index in [1.54, 1.807) is 0 Å². The van der Waals surface area contributed by atoms with Gasteiger partial charge in [0, 0.05) is 25.3 Å². The summed E-state index contributed by atoms with van der Waals surface area (Å²) in [6.45, 7) is 8.36. The van der Waals surface area contributed by atoms with Crippen molar-refractivity contribution in [1.29, 1.82) is 0 Å². The molecule has 0 aromatic carbocycles. The van der Waals surface area contributed by atoms with Gasteiger partial charge in [0.25, 0.3) is 0 Å². The van der Waals surface area contributed by atoms with E-state index in [0.29, 0.717) is 5.54 Å². The van der Waals surface area contributed by atoms with E-state index in [1.165, 1.54) is 25.7 Å². The molecule has 0 radical (unpaired) electrons. The predicted molar refractivity (Wildman–Crippen MR) is 78.0 cm³/mol. The van der Waals surface area contributed by atoms with Gasteiger partial charge >= 0.3 is 0 Å². The average molecular weight is 256 g/mol. The van der Waals surface area contributed by atoms with Crippen molar-refractivity contribution in [1.82, 2.24) is 10.2 Å². The highest BCUT2D eigenvalue weighted by Gasteiger charge is 2.36. The van der Waals surface area contributed by atoms with Crippen LogP contribution in [-0.2, 0) is 4.74 Å². The molecule has 2 atom stereocenters. The first-order valence-electron chi connectivity index (χ1n) is 7.56. The zero-order valence-electron chi connectivity index (χ0n) is 12.8. The molecule has 0 aliphatic heterocycles. The summed E-state index contributed by atoms with van der Waals surface area (Å²) < 4.78 is 5.36. The molecule has 1 N–H and O–H groups in total. The largest absolute Gasteiger partial charge is 0.382 e. The fourth-order valence-corrected chi connectivity index (χ4v) is 3.12. The molecule has 1 saturated carbocycles. The highest BCUT2D eigenvalue weighted by molar-refractivity contribution is 4.94. The molecule has 18 heavy (non-hydrogen) atoms. The lowest BCUT2D eigenvalue weighted by molar-refractivity contribution is 0.0741. The van der Waals surface area contributed by atoms with Crippen LogP contribution in [0.15, 0.2) is 0 Å². The zero-order chi connectivity index (χ0) is 13.4. The maximum Gasteiger partial charge on any atom is 0.0477 e. The first-order valence-corrected chi connectivity index (χ1v) is 7.56. The SMILES string of the molecule is CCOCCCNCC1(N(C)C)CCCC(C)C1. The van der Waals surface area contributed by atoms with E-state index in [1.807, 2.05) is 0 Å². The highest BCUT2D eigenvalue weighted by Crippen LogP contribution is 2.35. The molecule has 0 amide bonds. The molecular weight excluding hydrogens is 224 g/mol. The number of rotatable bonds is 8. The third kappa shape index (κ3) is 4.87. The molecule has 1 aliphatic carbocycles. The Hall–Kier alpha value is -0.120. The monoisotopic (exact) mass is 256 g/mol. The van der Waals surface area contributed by atoms with E-state index in [4.69, 9.17) is 4.74 Å². The van der Waals surface area contributed by atoms with Crippen molar-refractivity contribution in [3.8, 4) is 0 Å². The summed E-state index contributed by atoms with van der Waals surface area (Å²) in [4.78, 5) is 2.44. The Morgan fingerprint density at radius 1 is 1.39 bits per heavy atom. The minimum Gasteiger partial charge on any atom is -0.382 e. The maximum absolute atomic E-state index is 5.36. The predicted octanol–water partition coefficient (Wildman–Crippen LogP) is 2.51. The number of ether oxygens (including phenoxy) is 1. The Labute approximate surface area is 113 Å². The van der Waals surface area contributed by atoms with Gasteiger partial charge in [0.2, 0.25) is 0 Å². The highest BCUT2D eigenvalue weighted by atomic mass is 16.5. The second kappa shape index (κ2) is 8.13. The quantitative estimate of drug-likeness (QED) is 0.675. The number of nitrogens with zero attached hydrogens (tertiary/aromatic N) is 1. The summed E-state index contributed by atoms with van der Waals surface area (Å²) in [5.74, 6) is 0.867. The van der Waals surface area contributed by atoms with Gasteiger partial charge in [-0.05, 0) is 52.7 Å². The second-order valence-corrected chi connectivity index (χ2v) is 6.05. The van der Waals surface area contributed by atoms with Crippen molar-refractivity contribution in [3.63, 3.8) is 0 Å². The fourth-order valence-electron chi connectivity index (χ4n) is 3.12. The van der Waals surface area contributed by atoms with Crippen molar-refractivity contribution < 1.29 is 4.74 Å². The number of hydrogen-bond acceptors (Lipinski definition) is 3. The molecule has 1 aliphatic rings. The molecule has 108 valence electrons. The van der Waals surface area contributed by atoms with Crippen LogP contribution in [0.1, 0.15) is 46.0 Å². The van der Waals surface area contributed by atoms with E-state index in [0.717, 1.165) is 38.6 Å². The van der Waals surface area contributed by atoms with Crippen LogP contribution in [-0.4, -0.2) is 50.8 Å². The van der Waals surface area contributed by atoms with Gasteiger partial charge in [-0.25, -0.2) is 0 Å². The van der Waals surface area contributed by atoms with Gasteiger partial charge in [-0.3, -0.25) is 0 Å². The normalized spacial score (nSPS) is 28.8. The van der Waals surface area contributed by atoms with Crippen molar-refractivity contribution in [3.05, 3.63) is 0 Å². The van der Waals surface area contributed by atoms with Crippen molar-refractivity contribution in [2.75, 3.05) is 40.4 Å².